The van der Waals surface area contributed by atoms with Gasteiger partial charge < -0.3 is 15.2 Å². The third-order valence-corrected chi connectivity index (χ3v) is 3.66. The van der Waals surface area contributed by atoms with Crippen LogP contribution in [0.25, 0.3) is 0 Å². The second-order valence-electron chi connectivity index (χ2n) is 4.07. The van der Waals surface area contributed by atoms with Gasteiger partial charge in [-0.2, -0.15) is 0 Å². The Morgan fingerprint density at radius 1 is 1.35 bits per heavy atom. The predicted octanol–water partition coefficient (Wildman–Crippen LogP) is 2.28. The highest BCUT2D eigenvalue weighted by Crippen LogP contribution is 2.26. The zero-order valence-corrected chi connectivity index (χ0v) is 10.9. The molecular weight excluding hydrogens is 261 g/mol. The van der Waals surface area contributed by atoms with Crippen molar-refractivity contribution in [3.63, 3.8) is 0 Å². The number of halogens is 2. The molecule has 0 amide bonds. The molecule has 17 heavy (non-hydrogen) atoms. The lowest BCUT2D eigenvalue weighted by Crippen LogP contribution is -2.44. The Morgan fingerprint density at radius 3 is 2.88 bits per heavy atom. The summed E-state index contributed by atoms with van der Waals surface area (Å²) in [4.78, 5) is 0. The molecule has 3 nitrogen and oxygen atoms in total. The van der Waals surface area contributed by atoms with E-state index in [9.17, 15) is 0 Å². The van der Waals surface area contributed by atoms with Crippen LogP contribution >= 0.6 is 23.2 Å². The lowest BCUT2D eigenvalue weighted by Gasteiger charge is -2.28. The van der Waals surface area contributed by atoms with E-state index >= 15 is 0 Å². The molecule has 2 rings (SSSR count). The molecule has 0 saturated carbocycles. The van der Waals surface area contributed by atoms with Crippen molar-refractivity contribution >= 4 is 23.2 Å². The second-order valence-corrected chi connectivity index (χ2v) is 4.85. The predicted molar refractivity (Wildman–Crippen MR) is 68.7 cm³/mol. The van der Waals surface area contributed by atoms with Crippen molar-refractivity contribution in [2.75, 3.05) is 19.8 Å². The van der Waals surface area contributed by atoms with E-state index in [0.717, 1.165) is 5.56 Å². The molecule has 0 aliphatic carbocycles. The van der Waals surface area contributed by atoms with Gasteiger partial charge in [-0.3, -0.25) is 0 Å². The Morgan fingerprint density at radius 2 is 2.18 bits per heavy atom. The summed E-state index contributed by atoms with van der Waals surface area (Å²) in [5, 5.41) is 1.12. The first-order chi connectivity index (χ1) is 8.18. The van der Waals surface area contributed by atoms with Gasteiger partial charge in [-0.1, -0.05) is 35.3 Å². The Kier molecular flexibility index (Phi) is 4.65. The molecule has 1 aliphatic heterocycles. The quantitative estimate of drug-likeness (QED) is 0.921. The van der Waals surface area contributed by atoms with E-state index in [1.54, 1.807) is 6.07 Å². The molecule has 0 aromatic heterocycles. The Bertz CT molecular complexity index is 381. The summed E-state index contributed by atoms with van der Waals surface area (Å²) in [5.41, 5.74) is 7.04. The van der Waals surface area contributed by atoms with E-state index < -0.39 is 0 Å². The summed E-state index contributed by atoms with van der Waals surface area (Å²) in [5.74, 6) is 0. The van der Waals surface area contributed by atoms with Gasteiger partial charge in [0.2, 0.25) is 0 Å². The fourth-order valence-corrected chi connectivity index (χ4v) is 2.24. The SMILES string of the molecule is NC(Cc1cccc(Cl)c1Cl)C1COCCO1. The van der Waals surface area contributed by atoms with Crippen LogP contribution in [-0.4, -0.2) is 32.0 Å². The molecule has 2 atom stereocenters. The third kappa shape index (κ3) is 3.33. The number of hydrogen-bond donors (Lipinski definition) is 1. The lowest BCUT2D eigenvalue weighted by molar-refractivity contribution is -0.0967. The van der Waals surface area contributed by atoms with Crippen molar-refractivity contribution in [2.24, 2.45) is 5.73 Å². The fraction of sp³-hybridized carbons (Fsp3) is 0.500. The number of benzene rings is 1. The molecule has 2 unspecified atom stereocenters. The van der Waals surface area contributed by atoms with Gasteiger partial charge in [-0.05, 0) is 18.1 Å². The summed E-state index contributed by atoms with van der Waals surface area (Å²) in [6.45, 7) is 1.78. The zero-order valence-electron chi connectivity index (χ0n) is 9.36. The molecule has 1 aromatic rings. The average molecular weight is 276 g/mol. The van der Waals surface area contributed by atoms with Crippen molar-refractivity contribution < 1.29 is 9.47 Å². The van der Waals surface area contributed by atoms with E-state index in [4.69, 9.17) is 38.4 Å². The molecule has 1 aliphatic rings. The van der Waals surface area contributed by atoms with E-state index in [1.807, 2.05) is 12.1 Å². The Hall–Kier alpha value is -0.320. The maximum atomic E-state index is 6.12. The number of nitrogens with two attached hydrogens (primary N) is 1. The van der Waals surface area contributed by atoms with Crippen LogP contribution < -0.4 is 5.73 Å². The van der Waals surface area contributed by atoms with E-state index in [2.05, 4.69) is 0 Å². The van der Waals surface area contributed by atoms with Crippen molar-refractivity contribution in [2.45, 2.75) is 18.6 Å². The van der Waals surface area contributed by atoms with Gasteiger partial charge in [0.15, 0.2) is 0 Å². The average Bonchev–Trinajstić information content (AvgIpc) is 2.36. The van der Waals surface area contributed by atoms with Crippen LogP contribution in [0.1, 0.15) is 5.56 Å². The fourth-order valence-electron chi connectivity index (χ4n) is 1.84. The largest absolute Gasteiger partial charge is 0.376 e. The van der Waals surface area contributed by atoms with Gasteiger partial charge in [0.1, 0.15) is 0 Å². The standard InChI is InChI=1S/C12H15Cl2NO2/c13-9-3-1-2-8(12(9)14)6-10(15)11-7-16-4-5-17-11/h1-3,10-11H,4-7,15H2. The normalized spacial score (nSPS) is 22.4. The van der Waals surface area contributed by atoms with Crippen LogP contribution in [0.2, 0.25) is 10.0 Å². The second kappa shape index (κ2) is 6.03. The minimum Gasteiger partial charge on any atom is -0.376 e. The summed E-state index contributed by atoms with van der Waals surface area (Å²) in [6.07, 6.45) is 0.562. The smallest absolute Gasteiger partial charge is 0.0963 e. The van der Waals surface area contributed by atoms with Gasteiger partial charge in [0.25, 0.3) is 0 Å². The van der Waals surface area contributed by atoms with Crippen LogP contribution in [0, 0.1) is 0 Å². The Labute approximate surface area is 111 Å². The highest BCUT2D eigenvalue weighted by atomic mass is 35.5. The van der Waals surface area contributed by atoms with Gasteiger partial charge >= 0.3 is 0 Å². The summed E-state index contributed by atoms with van der Waals surface area (Å²) < 4.78 is 10.9. The van der Waals surface area contributed by atoms with Gasteiger partial charge in [-0.15, -0.1) is 0 Å². The van der Waals surface area contributed by atoms with E-state index in [0.29, 0.717) is 36.3 Å². The summed E-state index contributed by atoms with van der Waals surface area (Å²) in [7, 11) is 0. The first-order valence-electron chi connectivity index (χ1n) is 5.56. The maximum Gasteiger partial charge on any atom is 0.0963 e. The topological polar surface area (TPSA) is 44.5 Å². The molecule has 1 fully saturated rings. The van der Waals surface area contributed by atoms with Crippen LogP contribution in [-0.2, 0) is 15.9 Å². The maximum absolute atomic E-state index is 6.12. The minimum atomic E-state index is -0.133. The van der Waals surface area contributed by atoms with Crippen molar-refractivity contribution in [3.8, 4) is 0 Å². The van der Waals surface area contributed by atoms with E-state index in [-0.39, 0.29) is 12.1 Å². The molecule has 94 valence electrons. The van der Waals surface area contributed by atoms with Gasteiger partial charge in [0.05, 0.1) is 36.0 Å². The Balaban J connectivity index is 2.01. The first kappa shape index (κ1) is 13.1. The van der Waals surface area contributed by atoms with Crippen LogP contribution in [0.4, 0.5) is 0 Å². The monoisotopic (exact) mass is 275 g/mol. The number of ether oxygens (including phenoxy) is 2. The van der Waals surface area contributed by atoms with Gasteiger partial charge in [0, 0.05) is 6.04 Å². The van der Waals surface area contributed by atoms with Crippen molar-refractivity contribution in [1.29, 1.82) is 0 Å². The van der Waals surface area contributed by atoms with Crippen molar-refractivity contribution in [3.05, 3.63) is 33.8 Å². The minimum absolute atomic E-state index is 0.0706. The zero-order chi connectivity index (χ0) is 12.3. The molecule has 1 saturated heterocycles. The number of rotatable bonds is 3. The van der Waals surface area contributed by atoms with Crippen molar-refractivity contribution in [1.82, 2.24) is 0 Å². The summed E-state index contributed by atoms with van der Waals surface area (Å²) >= 11 is 12.1. The highest BCUT2D eigenvalue weighted by Gasteiger charge is 2.23. The molecule has 2 N–H and O–H groups in total. The molecule has 1 heterocycles. The van der Waals surface area contributed by atoms with E-state index in [1.165, 1.54) is 0 Å². The van der Waals surface area contributed by atoms with Gasteiger partial charge in [-0.25, -0.2) is 0 Å². The number of hydrogen-bond acceptors (Lipinski definition) is 3. The summed E-state index contributed by atoms with van der Waals surface area (Å²) in [6, 6.07) is 5.43. The third-order valence-electron chi connectivity index (χ3n) is 2.81. The van der Waals surface area contributed by atoms with Crippen LogP contribution in [0.15, 0.2) is 18.2 Å². The highest BCUT2D eigenvalue weighted by molar-refractivity contribution is 6.42. The van der Waals surface area contributed by atoms with Crippen LogP contribution in [0.3, 0.4) is 0 Å². The lowest BCUT2D eigenvalue weighted by atomic mass is 10.0. The molecular formula is C12H15Cl2NO2. The molecule has 1 aromatic carbocycles. The van der Waals surface area contributed by atoms with Crippen LogP contribution in [0.5, 0.6) is 0 Å². The molecule has 5 heteroatoms. The molecule has 0 spiro atoms. The molecule has 0 radical (unpaired) electrons. The molecule has 0 bridgehead atoms. The first-order valence-corrected chi connectivity index (χ1v) is 6.32.